The van der Waals surface area contributed by atoms with E-state index in [1.54, 1.807) is 0 Å². The molecule has 0 unspecified atom stereocenters. The largest absolute Gasteiger partial charge is 0.334 e. The molecule has 3 aliphatic rings. The van der Waals surface area contributed by atoms with Gasteiger partial charge in [-0.1, -0.05) is 25.7 Å². The summed E-state index contributed by atoms with van der Waals surface area (Å²) in [6.07, 6.45) is 9.68. The molecule has 2 saturated carbocycles. The van der Waals surface area contributed by atoms with Crippen LogP contribution in [0.25, 0.3) is 0 Å². The van der Waals surface area contributed by atoms with Crippen molar-refractivity contribution in [2.75, 3.05) is 33.2 Å². The van der Waals surface area contributed by atoms with E-state index in [2.05, 4.69) is 16.8 Å². The molecule has 2 atom stereocenters. The average molecular weight is 293 g/mol. The summed E-state index contributed by atoms with van der Waals surface area (Å²) < 4.78 is 0. The van der Waals surface area contributed by atoms with E-state index in [4.69, 9.17) is 5.73 Å². The van der Waals surface area contributed by atoms with Crippen molar-refractivity contribution in [1.29, 1.82) is 0 Å². The van der Waals surface area contributed by atoms with E-state index in [9.17, 15) is 4.79 Å². The van der Waals surface area contributed by atoms with Gasteiger partial charge in [-0.15, -0.1) is 0 Å². The number of carbonyl (C=O) groups excluding carboxylic acids is 1. The Bertz CT molecular complexity index is 378. The van der Waals surface area contributed by atoms with Crippen molar-refractivity contribution in [2.24, 2.45) is 17.6 Å². The fourth-order valence-electron chi connectivity index (χ4n) is 5.00. The van der Waals surface area contributed by atoms with Gasteiger partial charge in [-0.25, -0.2) is 0 Å². The van der Waals surface area contributed by atoms with Crippen LogP contribution in [0.1, 0.15) is 51.4 Å². The molecule has 21 heavy (non-hydrogen) atoms. The van der Waals surface area contributed by atoms with Crippen molar-refractivity contribution >= 4 is 5.91 Å². The Morgan fingerprint density at radius 1 is 1.14 bits per heavy atom. The van der Waals surface area contributed by atoms with E-state index in [-0.39, 0.29) is 11.5 Å². The first-order valence-corrected chi connectivity index (χ1v) is 8.86. The number of rotatable bonds is 2. The Balaban J connectivity index is 1.79. The quantitative estimate of drug-likeness (QED) is 0.845. The zero-order chi connectivity index (χ0) is 14.9. The van der Waals surface area contributed by atoms with Crippen LogP contribution in [0.15, 0.2) is 0 Å². The van der Waals surface area contributed by atoms with E-state index < -0.39 is 0 Å². The fourth-order valence-corrected chi connectivity index (χ4v) is 5.00. The second kappa shape index (κ2) is 6.25. The third-order valence-electron chi connectivity index (χ3n) is 6.17. The second-order valence-electron chi connectivity index (χ2n) is 7.55. The van der Waals surface area contributed by atoms with Gasteiger partial charge in [-0.2, -0.15) is 0 Å². The minimum Gasteiger partial charge on any atom is -0.334 e. The van der Waals surface area contributed by atoms with Crippen LogP contribution < -0.4 is 5.73 Å². The zero-order valence-corrected chi connectivity index (χ0v) is 13.5. The predicted molar refractivity (Wildman–Crippen MR) is 84.9 cm³/mol. The molecule has 1 saturated heterocycles. The van der Waals surface area contributed by atoms with Crippen molar-refractivity contribution < 1.29 is 4.79 Å². The van der Waals surface area contributed by atoms with E-state index in [0.29, 0.717) is 18.4 Å². The minimum atomic E-state index is 0.129. The number of amides is 1. The summed E-state index contributed by atoms with van der Waals surface area (Å²) >= 11 is 0. The smallest absolute Gasteiger partial charge is 0.226 e. The first-order chi connectivity index (χ1) is 10.2. The van der Waals surface area contributed by atoms with Crippen LogP contribution in [0.5, 0.6) is 0 Å². The average Bonchev–Trinajstić information content (AvgIpc) is 2.96. The summed E-state index contributed by atoms with van der Waals surface area (Å²) in [6, 6.07) is 0. The maximum atomic E-state index is 13.2. The SMILES string of the molecule is CN1CCN(C(=O)[C@@H]2CCC[C@@H]2CN)C2(CCCCC2)C1. The lowest BCUT2D eigenvalue weighted by Gasteiger charge is -2.53. The van der Waals surface area contributed by atoms with Crippen molar-refractivity contribution in [2.45, 2.75) is 56.9 Å². The highest BCUT2D eigenvalue weighted by molar-refractivity contribution is 5.80. The lowest BCUT2D eigenvalue weighted by molar-refractivity contribution is -0.149. The van der Waals surface area contributed by atoms with Gasteiger partial charge in [0.05, 0.1) is 5.54 Å². The first kappa shape index (κ1) is 15.3. The van der Waals surface area contributed by atoms with Crippen LogP contribution in [-0.4, -0.2) is 54.5 Å². The number of hydrogen-bond donors (Lipinski definition) is 1. The van der Waals surface area contributed by atoms with Crippen molar-refractivity contribution in [3.63, 3.8) is 0 Å². The third kappa shape index (κ3) is 2.85. The lowest BCUT2D eigenvalue weighted by atomic mass is 9.77. The molecule has 1 spiro atoms. The third-order valence-corrected chi connectivity index (χ3v) is 6.17. The molecule has 0 bridgehead atoms. The van der Waals surface area contributed by atoms with Crippen LogP contribution in [0, 0.1) is 11.8 Å². The standard InChI is InChI=1S/C17H31N3O/c1-19-10-11-20(17(13-19)8-3-2-4-9-17)16(21)15-7-5-6-14(15)12-18/h14-15H,2-13,18H2,1H3/t14-,15-/m1/s1. The van der Waals surface area contributed by atoms with E-state index in [0.717, 1.165) is 32.5 Å². The summed E-state index contributed by atoms with van der Waals surface area (Å²) in [7, 11) is 2.20. The molecule has 3 rings (SSSR count). The minimum absolute atomic E-state index is 0.129. The van der Waals surface area contributed by atoms with Crippen LogP contribution in [-0.2, 0) is 4.79 Å². The van der Waals surface area contributed by atoms with Crippen LogP contribution in [0.3, 0.4) is 0 Å². The molecule has 2 N–H and O–H groups in total. The van der Waals surface area contributed by atoms with Gasteiger partial charge in [0, 0.05) is 25.6 Å². The van der Waals surface area contributed by atoms with E-state index in [1.807, 2.05) is 0 Å². The van der Waals surface area contributed by atoms with Gasteiger partial charge in [-0.05, 0) is 45.2 Å². The van der Waals surface area contributed by atoms with Crippen LogP contribution in [0.2, 0.25) is 0 Å². The maximum Gasteiger partial charge on any atom is 0.226 e. The zero-order valence-electron chi connectivity index (χ0n) is 13.5. The van der Waals surface area contributed by atoms with E-state index >= 15 is 0 Å². The molecule has 0 radical (unpaired) electrons. The first-order valence-electron chi connectivity index (χ1n) is 8.86. The van der Waals surface area contributed by atoms with Gasteiger partial charge >= 0.3 is 0 Å². The van der Waals surface area contributed by atoms with Gasteiger partial charge < -0.3 is 15.5 Å². The molecular weight excluding hydrogens is 262 g/mol. The van der Waals surface area contributed by atoms with Crippen LogP contribution in [0.4, 0.5) is 0 Å². The van der Waals surface area contributed by atoms with Gasteiger partial charge in [0.1, 0.15) is 0 Å². The molecule has 1 amide bonds. The highest BCUT2D eigenvalue weighted by Crippen LogP contribution is 2.40. The molecule has 4 nitrogen and oxygen atoms in total. The number of piperazine rings is 1. The monoisotopic (exact) mass is 293 g/mol. The number of likely N-dealkylation sites (N-methyl/N-ethyl adjacent to an activating group) is 1. The molecule has 3 fully saturated rings. The molecule has 2 aliphatic carbocycles. The fraction of sp³-hybridized carbons (Fsp3) is 0.941. The van der Waals surface area contributed by atoms with Gasteiger partial charge in [0.15, 0.2) is 0 Å². The molecular formula is C17H31N3O. The Morgan fingerprint density at radius 2 is 1.90 bits per heavy atom. The van der Waals surface area contributed by atoms with Crippen molar-refractivity contribution in [1.82, 2.24) is 9.80 Å². The summed E-state index contributed by atoms with van der Waals surface area (Å²) in [5.74, 6) is 1.06. The molecule has 0 aromatic rings. The molecule has 0 aromatic heterocycles. The Hall–Kier alpha value is -0.610. The normalized spacial score (nSPS) is 33.5. The summed E-state index contributed by atoms with van der Waals surface area (Å²) in [5.41, 5.74) is 6.03. The number of nitrogens with two attached hydrogens (primary N) is 1. The summed E-state index contributed by atoms with van der Waals surface area (Å²) in [5, 5.41) is 0. The van der Waals surface area contributed by atoms with Gasteiger partial charge in [-0.3, -0.25) is 4.79 Å². The van der Waals surface area contributed by atoms with E-state index in [1.165, 1.54) is 38.5 Å². The molecule has 1 aliphatic heterocycles. The molecule has 0 aromatic carbocycles. The highest BCUT2D eigenvalue weighted by Gasteiger charge is 2.46. The Labute approximate surface area is 129 Å². The second-order valence-corrected chi connectivity index (χ2v) is 7.55. The lowest BCUT2D eigenvalue weighted by Crippen LogP contribution is -2.65. The summed E-state index contributed by atoms with van der Waals surface area (Å²) in [4.78, 5) is 17.9. The molecule has 1 heterocycles. The maximum absolute atomic E-state index is 13.2. The Kier molecular flexibility index (Phi) is 4.55. The molecule has 120 valence electrons. The number of carbonyl (C=O) groups is 1. The summed E-state index contributed by atoms with van der Waals surface area (Å²) in [6.45, 7) is 3.69. The Morgan fingerprint density at radius 3 is 2.62 bits per heavy atom. The van der Waals surface area contributed by atoms with Gasteiger partial charge in [0.25, 0.3) is 0 Å². The van der Waals surface area contributed by atoms with Crippen molar-refractivity contribution in [3.05, 3.63) is 0 Å². The predicted octanol–water partition coefficient (Wildman–Crippen LogP) is 1.84. The van der Waals surface area contributed by atoms with Gasteiger partial charge in [0.2, 0.25) is 5.91 Å². The van der Waals surface area contributed by atoms with Crippen molar-refractivity contribution in [3.8, 4) is 0 Å². The number of nitrogens with zero attached hydrogens (tertiary/aromatic N) is 2. The van der Waals surface area contributed by atoms with Crippen LogP contribution >= 0.6 is 0 Å². The highest BCUT2D eigenvalue weighted by atomic mass is 16.2. The number of hydrogen-bond acceptors (Lipinski definition) is 3. The topological polar surface area (TPSA) is 49.6 Å². The molecule has 4 heteroatoms.